The highest BCUT2D eigenvalue weighted by Crippen LogP contribution is 2.16. The van der Waals surface area contributed by atoms with E-state index in [0.717, 1.165) is 19.4 Å². The van der Waals surface area contributed by atoms with E-state index in [1.165, 1.54) is 0 Å². The first-order chi connectivity index (χ1) is 5.77. The van der Waals surface area contributed by atoms with Gasteiger partial charge < -0.3 is 4.90 Å². The van der Waals surface area contributed by atoms with E-state index >= 15 is 0 Å². The number of likely N-dealkylation sites (tertiary alicyclic amines) is 1. The van der Waals surface area contributed by atoms with Crippen LogP contribution in [-0.2, 0) is 4.79 Å². The monoisotopic (exact) mass is 193 g/mol. The van der Waals surface area contributed by atoms with E-state index in [4.69, 9.17) is 11.6 Å². The van der Waals surface area contributed by atoms with E-state index in [1.54, 1.807) is 4.90 Å². The molecule has 0 N–H and O–H groups in total. The molecule has 1 amide bonds. The number of carbonyl (C=O) groups is 1. The molecule has 0 spiro atoms. The van der Waals surface area contributed by atoms with Crippen molar-refractivity contribution in [1.29, 1.82) is 0 Å². The highest BCUT2D eigenvalue weighted by molar-refractivity contribution is 6.27. The summed E-state index contributed by atoms with van der Waals surface area (Å²) >= 11 is 5.39. The average molecular weight is 194 g/mol. The van der Waals surface area contributed by atoms with Crippen LogP contribution in [0.5, 0.6) is 0 Å². The van der Waals surface area contributed by atoms with Gasteiger partial charge >= 0.3 is 0 Å². The lowest BCUT2D eigenvalue weighted by Gasteiger charge is -2.30. The Balaban J connectivity index is 2.40. The first-order valence-corrected chi connectivity index (χ1v) is 4.71. The maximum Gasteiger partial charge on any atom is 0.237 e. The quantitative estimate of drug-likeness (QED) is 0.608. The maximum atomic E-state index is 12.2. The van der Waals surface area contributed by atoms with Crippen molar-refractivity contribution in [3.05, 3.63) is 0 Å². The van der Waals surface area contributed by atoms with Crippen molar-refractivity contribution in [1.82, 2.24) is 4.90 Å². The molecule has 0 aromatic rings. The fourth-order valence-electron chi connectivity index (χ4n) is 1.50. The Bertz CT molecular complexity index is 165. The van der Waals surface area contributed by atoms with E-state index in [2.05, 4.69) is 0 Å². The van der Waals surface area contributed by atoms with E-state index in [1.807, 2.05) is 0 Å². The normalized spacial score (nSPS) is 24.2. The second kappa shape index (κ2) is 4.65. The summed E-state index contributed by atoms with van der Waals surface area (Å²) in [4.78, 5) is 12.8. The summed E-state index contributed by atoms with van der Waals surface area (Å²) in [6, 6.07) is 0. The Morgan fingerprint density at radius 3 is 3.00 bits per heavy atom. The van der Waals surface area contributed by atoms with Crippen molar-refractivity contribution in [2.75, 3.05) is 25.6 Å². The molecule has 0 saturated carbocycles. The summed E-state index contributed by atoms with van der Waals surface area (Å²) in [5.74, 6) is -0.0281. The summed E-state index contributed by atoms with van der Waals surface area (Å²) in [5.41, 5.74) is 0. The SMILES string of the molecule is O=C(CCl)N1CCCC(CF)C1. The van der Waals surface area contributed by atoms with Crippen LogP contribution in [0.15, 0.2) is 0 Å². The molecule has 1 saturated heterocycles. The van der Waals surface area contributed by atoms with Gasteiger partial charge in [0.1, 0.15) is 5.88 Å². The molecule has 1 rings (SSSR count). The molecular weight excluding hydrogens is 181 g/mol. The predicted molar refractivity (Wildman–Crippen MR) is 46.0 cm³/mol. The fourth-order valence-corrected chi connectivity index (χ4v) is 1.67. The van der Waals surface area contributed by atoms with Crippen LogP contribution >= 0.6 is 11.6 Å². The van der Waals surface area contributed by atoms with Gasteiger partial charge in [-0.15, -0.1) is 11.6 Å². The molecular formula is C8H13ClFNO. The van der Waals surface area contributed by atoms with Gasteiger partial charge in [0, 0.05) is 19.0 Å². The van der Waals surface area contributed by atoms with Crippen LogP contribution in [0.2, 0.25) is 0 Å². The van der Waals surface area contributed by atoms with Crippen molar-refractivity contribution in [2.45, 2.75) is 12.8 Å². The molecule has 0 bridgehead atoms. The molecule has 70 valence electrons. The Morgan fingerprint density at radius 2 is 2.42 bits per heavy atom. The highest BCUT2D eigenvalue weighted by atomic mass is 35.5. The molecule has 1 aliphatic rings. The fraction of sp³-hybridized carbons (Fsp3) is 0.875. The third-order valence-electron chi connectivity index (χ3n) is 2.20. The van der Waals surface area contributed by atoms with Crippen LogP contribution in [0.25, 0.3) is 0 Å². The van der Waals surface area contributed by atoms with Crippen molar-refractivity contribution in [3.8, 4) is 0 Å². The summed E-state index contributed by atoms with van der Waals surface area (Å²) in [6.07, 6.45) is 1.79. The largest absolute Gasteiger partial charge is 0.341 e. The van der Waals surface area contributed by atoms with E-state index < -0.39 is 0 Å². The van der Waals surface area contributed by atoms with Crippen LogP contribution in [0, 0.1) is 5.92 Å². The summed E-state index contributed by atoms with van der Waals surface area (Å²) in [7, 11) is 0. The smallest absolute Gasteiger partial charge is 0.237 e. The van der Waals surface area contributed by atoms with Gasteiger partial charge in [0.25, 0.3) is 0 Å². The van der Waals surface area contributed by atoms with Gasteiger partial charge in [0.2, 0.25) is 5.91 Å². The second-order valence-electron chi connectivity index (χ2n) is 3.14. The minimum atomic E-state index is -0.327. The number of hydrogen-bond donors (Lipinski definition) is 0. The van der Waals surface area contributed by atoms with Gasteiger partial charge in [-0.25, -0.2) is 0 Å². The zero-order valence-electron chi connectivity index (χ0n) is 6.93. The molecule has 0 aliphatic carbocycles. The van der Waals surface area contributed by atoms with E-state index in [-0.39, 0.29) is 24.4 Å². The molecule has 1 fully saturated rings. The number of halogens is 2. The Morgan fingerprint density at radius 1 is 1.67 bits per heavy atom. The summed E-state index contributed by atoms with van der Waals surface area (Å²) in [6.45, 7) is 0.955. The average Bonchev–Trinajstić information content (AvgIpc) is 2.17. The first-order valence-electron chi connectivity index (χ1n) is 4.17. The standard InChI is InChI=1S/C8H13ClFNO/c9-4-8(12)11-3-1-2-7(5-10)6-11/h7H,1-6H2. The minimum Gasteiger partial charge on any atom is -0.341 e. The van der Waals surface area contributed by atoms with Crippen LogP contribution in [0.3, 0.4) is 0 Å². The van der Waals surface area contributed by atoms with Crippen LogP contribution in [0.1, 0.15) is 12.8 Å². The minimum absolute atomic E-state index is 0.0129. The molecule has 1 heterocycles. The Labute approximate surface area is 76.7 Å². The number of piperidine rings is 1. The van der Waals surface area contributed by atoms with Crippen molar-refractivity contribution < 1.29 is 9.18 Å². The van der Waals surface area contributed by atoms with E-state index in [9.17, 15) is 9.18 Å². The zero-order chi connectivity index (χ0) is 8.97. The molecule has 4 heteroatoms. The van der Waals surface area contributed by atoms with Crippen LogP contribution in [0.4, 0.5) is 4.39 Å². The van der Waals surface area contributed by atoms with Gasteiger partial charge in [0.15, 0.2) is 0 Å². The molecule has 2 nitrogen and oxygen atoms in total. The van der Waals surface area contributed by atoms with Crippen molar-refractivity contribution >= 4 is 17.5 Å². The number of alkyl halides is 2. The molecule has 1 atom stereocenters. The van der Waals surface area contributed by atoms with E-state index in [0.29, 0.717) is 6.54 Å². The van der Waals surface area contributed by atoms with Gasteiger partial charge in [-0.2, -0.15) is 0 Å². The van der Waals surface area contributed by atoms with Crippen LogP contribution in [-0.4, -0.2) is 36.5 Å². The Kier molecular flexibility index (Phi) is 3.79. The lowest BCUT2D eigenvalue weighted by atomic mass is 10.00. The van der Waals surface area contributed by atoms with Gasteiger partial charge in [0.05, 0.1) is 6.67 Å². The summed E-state index contributed by atoms with van der Waals surface area (Å²) in [5, 5.41) is 0. The maximum absolute atomic E-state index is 12.2. The van der Waals surface area contributed by atoms with Gasteiger partial charge in [-0.05, 0) is 12.8 Å². The predicted octanol–water partition coefficient (Wildman–Crippen LogP) is 1.43. The lowest BCUT2D eigenvalue weighted by Crippen LogP contribution is -2.41. The topological polar surface area (TPSA) is 20.3 Å². The molecule has 1 unspecified atom stereocenters. The molecule has 0 radical (unpaired) electrons. The highest BCUT2D eigenvalue weighted by Gasteiger charge is 2.22. The lowest BCUT2D eigenvalue weighted by molar-refractivity contribution is -0.130. The third-order valence-corrected chi connectivity index (χ3v) is 2.43. The molecule has 0 aromatic heterocycles. The van der Waals surface area contributed by atoms with Gasteiger partial charge in [-0.1, -0.05) is 0 Å². The number of nitrogens with zero attached hydrogens (tertiary/aromatic N) is 1. The number of hydrogen-bond acceptors (Lipinski definition) is 1. The molecule has 12 heavy (non-hydrogen) atoms. The Hall–Kier alpha value is -0.310. The number of amides is 1. The summed E-state index contributed by atoms with van der Waals surface area (Å²) < 4.78 is 12.2. The van der Waals surface area contributed by atoms with Crippen molar-refractivity contribution in [3.63, 3.8) is 0 Å². The zero-order valence-corrected chi connectivity index (χ0v) is 7.69. The molecule has 0 aromatic carbocycles. The molecule has 1 aliphatic heterocycles. The van der Waals surface area contributed by atoms with Crippen molar-refractivity contribution in [2.24, 2.45) is 5.92 Å². The first kappa shape index (κ1) is 9.78. The third kappa shape index (κ3) is 2.34. The number of rotatable bonds is 2. The second-order valence-corrected chi connectivity index (χ2v) is 3.40. The number of carbonyl (C=O) groups excluding carboxylic acids is 1. The van der Waals surface area contributed by atoms with Crippen LogP contribution < -0.4 is 0 Å². The van der Waals surface area contributed by atoms with Gasteiger partial charge in [-0.3, -0.25) is 9.18 Å².